The standard InChI is InChI=1S/C8H10BrClN2.CH4N2O/c1-12(11)8-4-2-3-7(10)6(8)5-9;2-3-1-4/h2-4H,5,11H2,1H3;1H,2H2,(H,3,4). The fraction of sp³-hybridized carbons (Fsp3) is 0.222. The molecule has 0 aliphatic rings. The van der Waals surface area contributed by atoms with Gasteiger partial charge in [-0.25, -0.2) is 11.7 Å². The van der Waals surface area contributed by atoms with E-state index in [0.29, 0.717) is 11.7 Å². The lowest BCUT2D eigenvalue weighted by molar-refractivity contribution is -0.109. The number of amides is 1. The Labute approximate surface area is 108 Å². The topological polar surface area (TPSA) is 84.4 Å². The summed E-state index contributed by atoms with van der Waals surface area (Å²) in [6, 6.07) is 5.67. The molecule has 1 amide bonds. The van der Waals surface area contributed by atoms with Crippen LogP contribution < -0.4 is 22.1 Å². The minimum absolute atomic E-state index is 0.403. The number of nitrogens with zero attached hydrogens (tertiary/aromatic N) is 1. The molecule has 0 spiro atoms. The van der Waals surface area contributed by atoms with Crippen LogP contribution in [0.3, 0.4) is 0 Å². The van der Waals surface area contributed by atoms with Crippen molar-refractivity contribution in [2.75, 3.05) is 12.1 Å². The van der Waals surface area contributed by atoms with Gasteiger partial charge in [0, 0.05) is 23.0 Å². The Morgan fingerprint density at radius 3 is 2.50 bits per heavy atom. The van der Waals surface area contributed by atoms with Crippen LogP contribution in [0.4, 0.5) is 5.69 Å². The van der Waals surface area contributed by atoms with Gasteiger partial charge in [-0.3, -0.25) is 10.2 Å². The molecule has 0 aromatic heterocycles. The highest BCUT2D eigenvalue weighted by atomic mass is 79.9. The molecule has 90 valence electrons. The largest absolute Gasteiger partial charge is 0.314 e. The maximum absolute atomic E-state index is 8.94. The highest BCUT2D eigenvalue weighted by Crippen LogP contribution is 2.27. The Kier molecular flexibility index (Phi) is 7.92. The minimum atomic E-state index is 0.403. The number of alkyl halides is 1. The molecule has 0 heterocycles. The summed E-state index contributed by atoms with van der Waals surface area (Å²) in [5, 5.41) is 3.01. The number of hydrogen-bond acceptors (Lipinski definition) is 4. The first-order valence-corrected chi connectivity index (χ1v) is 5.80. The second kappa shape index (κ2) is 8.35. The van der Waals surface area contributed by atoms with Crippen molar-refractivity contribution in [2.24, 2.45) is 11.7 Å². The Bertz CT molecular complexity index is 335. The molecule has 5 N–H and O–H groups in total. The second-order valence-electron chi connectivity index (χ2n) is 2.77. The number of benzene rings is 1. The summed E-state index contributed by atoms with van der Waals surface area (Å²) in [7, 11) is 1.79. The number of rotatable bonds is 3. The van der Waals surface area contributed by atoms with Gasteiger partial charge in [0.1, 0.15) is 0 Å². The van der Waals surface area contributed by atoms with Crippen LogP contribution in [0.5, 0.6) is 0 Å². The van der Waals surface area contributed by atoms with E-state index in [-0.39, 0.29) is 0 Å². The van der Waals surface area contributed by atoms with Crippen molar-refractivity contribution < 1.29 is 4.79 Å². The zero-order valence-electron chi connectivity index (χ0n) is 8.78. The first-order chi connectivity index (χ1) is 7.58. The van der Waals surface area contributed by atoms with E-state index < -0.39 is 0 Å². The number of nitrogens with two attached hydrogens (primary N) is 2. The van der Waals surface area contributed by atoms with E-state index in [1.807, 2.05) is 18.2 Å². The molecular weight excluding hydrogens is 295 g/mol. The van der Waals surface area contributed by atoms with Crippen LogP contribution >= 0.6 is 27.5 Å². The molecule has 0 saturated carbocycles. The van der Waals surface area contributed by atoms with Crippen molar-refractivity contribution in [1.29, 1.82) is 0 Å². The van der Waals surface area contributed by atoms with E-state index in [1.165, 1.54) is 0 Å². The summed E-state index contributed by atoms with van der Waals surface area (Å²) >= 11 is 9.32. The molecule has 7 heteroatoms. The maximum atomic E-state index is 8.94. The van der Waals surface area contributed by atoms with Crippen molar-refractivity contribution in [3.05, 3.63) is 28.8 Å². The lowest BCUT2D eigenvalue weighted by atomic mass is 10.2. The molecule has 5 nitrogen and oxygen atoms in total. The van der Waals surface area contributed by atoms with Gasteiger partial charge >= 0.3 is 0 Å². The SMILES string of the molecule is CN(N)c1cccc(Cl)c1CBr.NNC=O. The third kappa shape index (κ3) is 4.80. The smallest absolute Gasteiger partial charge is 0.221 e. The van der Waals surface area contributed by atoms with Crippen LogP contribution in [0.1, 0.15) is 5.56 Å². The van der Waals surface area contributed by atoms with E-state index in [4.69, 9.17) is 22.2 Å². The highest BCUT2D eigenvalue weighted by molar-refractivity contribution is 9.08. The van der Waals surface area contributed by atoms with E-state index >= 15 is 0 Å². The average Bonchev–Trinajstić information content (AvgIpc) is 2.29. The maximum Gasteiger partial charge on any atom is 0.221 e. The summed E-state index contributed by atoms with van der Waals surface area (Å²) in [5.74, 6) is 10.0. The molecule has 16 heavy (non-hydrogen) atoms. The number of anilines is 1. The first-order valence-electron chi connectivity index (χ1n) is 4.30. The lowest BCUT2D eigenvalue weighted by Gasteiger charge is -2.16. The fourth-order valence-corrected chi connectivity index (χ4v) is 2.00. The quantitative estimate of drug-likeness (QED) is 0.257. The molecule has 0 atom stereocenters. The van der Waals surface area contributed by atoms with Gasteiger partial charge in [-0.1, -0.05) is 33.6 Å². The van der Waals surface area contributed by atoms with E-state index in [9.17, 15) is 0 Å². The van der Waals surface area contributed by atoms with Crippen molar-refractivity contribution in [1.82, 2.24) is 5.43 Å². The first kappa shape index (κ1) is 15.2. The van der Waals surface area contributed by atoms with Gasteiger partial charge in [0.25, 0.3) is 0 Å². The molecular formula is C9H14BrClN4O. The van der Waals surface area contributed by atoms with Crippen LogP contribution in [-0.2, 0) is 10.1 Å². The number of hydrogen-bond donors (Lipinski definition) is 3. The van der Waals surface area contributed by atoms with Gasteiger partial charge < -0.3 is 5.01 Å². The molecule has 0 radical (unpaired) electrons. The molecule has 1 rings (SSSR count). The molecule has 0 fully saturated rings. The van der Waals surface area contributed by atoms with Gasteiger partial charge in [-0.15, -0.1) is 0 Å². The molecule has 0 aliphatic heterocycles. The second-order valence-corrected chi connectivity index (χ2v) is 3.73. The van der Waals surface area contributed by atoms with Crippen molar-refractivity contribution in [3.8, 4) is 0 Å². The summed E-state index contributed by atoms with van der Waals surface area (Å²) in [6.45, 7) is 0. The zero-order valence-corrected chi connectivity index (χ0v) is 11.1. The number of halogens is 2. The van der Waals surface area contributed by atoms with E-state index in [0.717, 1.165) is 16.3 Å². The summed E-state index contributed by atoms with van der Waals surface area (Å²) in [4.78, 5) is 8.94. The van der Waals surface area contributed by atoms with Crippen LogP contribution in [0.2, 0.25) is 5.02 Å². The third-order valence-corrected chi connectivity index (χ3v) is 2.59. The highest BCUT2D eigenvalue weighted by Gasteiger charge is 2.06. The van der Waals surface area contributed by atoms with Crippen LogP contribution in [0.25, 0.3) is 0 Å². The van der Waals surface area contributed by atoms with Crippen LogP contribution in [-0.4, -0.2) is 13.5 Å². The normalized spacial score (nSPS) is 8.81. The van der Waals surface area contributed by atoms with Gasteiger partial charge in [0.05, 0.1) is 5.69 Å². The average molecular weight is 310 g/mol. The Hall–Kier alpha value is -0.820. The third-order valence-electron chi connectivity index (χ3n) is 1.68. The van der Waals surface area contributed by atoms with Crippen molar-refractivity contribution in [3.63, 3.8) is 0 Å². The van der Waals surface area contributed by atoms with Crippen LogP contribution in [0, 0.1) is 0 Å². The zero-order chi connectivity index (χ0) is 12.6. The summed E-state index contributed by atoms with van der Waals surface area (Å²) < 4.78 is 0. The molecule has 0 unspecified atom stereocenters. The van der Waals surface area contributed by atoms with Crippen molar-refractivity contribution in [2.45, 2.75) is 5.33 Å². The Morgan fingerprint density at radius 2 is 2.19 bits per heavy atom. The number of nitrogens with one attached hydrogen (secondary N) is 1. The molecule has 0 aliphatic carbocycles. The molecule has 0 saturated heterocycles. The van der Waals surface area contributed by atoms with E-state index in [1.54, 1.807) is 17.5 Å². The number of hydrazine groups is 2. The predicted octanol–water partition coefficient (Wildman–Crippen LogP) is 1.15. The fourth-order valence-electron chi connectivity index (χ4n) is 1.01. The van der Waals surface area contributed by atoms with Crippen molar-refractivity contribution >= 4 is 39.6 Å². The summed E-state index contributed by atoms with van der Waals surface area (Å²) in [5.41, 5.74) is 3.71. The molecule has 1 aromatic carbocycles. The Morgan fingerprint density at radius 1 is 1.62 bits per heavy atom. The Balaban J connectivity index is 0.000000487. The predicted molar refractivity (Wildman–Crippen MR) is 70.1 cm³/mol. The van der Waals surface area contributed by atoms with Gasteiger partial charge in [0.15, 0.2) is 0 Å². The minimum Gasteiger partial charge on any atom is -0.314 e. The lowest BCUT2D eigenvalue weighted by Crippen LogP contribution is -2.26. The number of carbonyl (C=O) groups excluding carboxylic acids is 1. The molecule has 0 bridgehead atoms. The monoisotopic (exact) mass is 308 g/mol. The molecule has 1 aromatic rings. The van der Waals surface area contributed by atoms with Gasteiger partial charge in [0.2, 0.25) is 6.41 Å². The van der Waals surface area contributed by atoms with Gasteiger partial charge in [-0.2, -0.15) is 0 Å². The van der Waals surface area contributed by atoms with Gasteiger partial charge in [-0.05, 0) is 12.1 Å². The number of carbonyl (C=O) groups is 1. The summed E-state index contributed by atoms with van der Waals surface area (Å²) in [6.07, 6.45) is 0.403. The van der Waals surface area contributed by atoms with E-state index in [2.05, 4.69) is 21.8 Å². The van der Waals surface area contributed by atoms with Crippen LogP contribution in [0.15, 0.2) is 18.2 Å².